The number of amides is 1. The minimum atomic E-state index is -0.127. The van der Waals surface area contributed by atoms with Crippen LogP contribution >= 0.6 is 0 Å². The minimum absolute atomic E-state index is 0.127. The summed E-state index contributed by atoms with van der Waals surface area (Å²) in [6.07, 6.45) is 1.70. The van der Waals surface area contributed by atoms with Gasteiger partial charge in [-0.1, -0.05) is 54.6 Å². The van der Waals surface area contributed by atoms with Gasteiger partial charge in [0.05, 0.1) is 11.3 Å². The summed E-state index contributed by atoms with van der Waals surface area (Å²) in [4.78, 5) is 21.3. The van der Waals surface area contributed by atoms with Crippen LogP contribution in [0.15, 0.2) is 79.0 Å². The maximum absolute atomic E-state index is 12.6. The van der Waals surface area contributed by atoms with Crippen LogP contribution in [0, 0.1) is 6.92 Å². The summed E-state index contributed by atoms with van der Waals surface area (Å²) in [6.45, 7) is 2.30. The molecule has 0 atom stereocenters. The molecule has 4 nitrogen and oxygen atoms in total. The highest BCUT2D eigenvalue weighted by atomic mass is 16.1. The highest BCUT2D eigenvalue weighted by Gasteiger charge is 2.12. The number of nitrogens with zero attached hydrogens (tertiary/aromatic N) is 2. The van der Waals surface area contributed by atoms with E-state index in [4.69, 9.17) is 0 Å². The highest BCUT2D eigenvalue weighted by molar-refractivity contribution is 5.98. The Morgan fingerprint density at radius 3 is 2.44 bits per heavy atom. The molecule has 0 bridgehead atoms. The van der Waals surface area contributed by atoms with Crippen molar-refractivity contribution in [3.63, 3.8) is 0 Å². The average Bonchev–Trinajstić information content (AvgIpc) is 2.72. The summed E-state index contributed by atoms with van der Waals surface area (Å²) in [7, 11) is 0. The number of fused-ring (bicyclic) bond motifs is 1. The maximum Gasteiger partial charge on any atom is 0.253 e. The van der Waals surface area contributed by atoms with E-state index in [0.717, 1.165) is 16.5 Å². The molecule has 4 heteroatoms. The zero-order chi connectivity index (χ0) is 18.6. The van der Waals surface area contributed by atoms with Crippen molar-refractivity contribution in [3.8, 4) is 11.1 Å². The zero-order valence-electron chi connectivity index (χ0n) is 15.0. The molecule has 0 radical (unpaired) electrons. The van der Waals surface area contributed by atoms with Gasteiger partial charge in [0.1, 0.15) is 0 Å². The molecule has 2 heterocycles. The molecule has 2 aromatic carbocycles. The third-order valence-corrected chi connectivity index (χ3v) is 4.54. The Hall–Kier alpha value is -3.53. The predicted molar refractivity (Wildman–Crippen MR) is 107 cm³/mol. The normalized spacial score (nSPS) is 10.7. The molecule has 132 valence electrons. The van der Waals surface area contributed by atoms with E-state index in [-0.39, 0.29) is 5.91 Å². The van der Waals surface area contributed by atoms with Crippen LogP contribution in [0.4, 0.5) is 0 Å². The van der Waals surface area contributed by atoms with Gasteiger partial charge in [0.15, 0.2) is 5.65 Å². The first-order valence-electron chi connectivity index (χ1n) is 8.85. The molecule has 27 heavy (non-hydrogen) atoms. The van der Waals surface area contributed by atoms with E-state index in [1.807, 2.05) is 55.5 Å². The van der Waals surface area contributed by atoms with Crippen LogP contribution in [0.5, 0.6) is 0 Å². The number of benzene rings is 2. The number of aromatic nitrogens is 2. The Morgan fingerprint density at radius 2 is 1.67 bits per heavy atom. The SMILES string of the molecule is Cc1nc2ncccc2cc1C(=O)NCc1ccc(-c2ccccc2)cc1. The summed E-state index contributed by atoms with van der Waals surface area (Å²) in [5, 5.41) is 3.84. The largest absolute Gasteiger partial charge is 0.348 e. The minimum Gasteiger partial charge on any atom is -0.348 e. The fourth-order valence-corrected chi connectivity index (χ4v) is 3.05. The van der Waals surface area contributed by atoms with Gasteiger partial charge in [-0.05, 0) is 41.8 Å². The van der Waals surface area contributed by atoms with E-state index in [1.165, 1.54) is 5.56 Å². The number of carbonyl (C=O) groups excluding carboxylic acids is 1. The summed E-state index contributed by atoms with van der Waals surface area (Å²) >= 11 is 0. The standard InChI is InChI=1S/C23H19N3O/c1-16-21(14-20-8-5-13-24-22(20)26-16)23(27)25-15-17-9-11-19(12-10-17)18-6-3-2-4-7-18/h2-14H,15H2,1H3,(H,25,27). The molecule has 4 aromatic rings. The van der Waals surface area contributed by atoms with Gasteiger partial charge < -0.3 is 5.32 Å². The van der Waals surface area contributed by atoms with Gasteiger partial charge in [0, 0.05) is 18.1 Å². The van der Waals surface area contributed by atoms with E-state index in [0.29, 0.717) is 23.4 Å². The molecular formula is C23H19N3O. The smallest absolute Gasteiger partial charge is 0.253 e. The van der Waals surface area contributed by atoms with Gasteiger partial charge in [0.25, 0.3) is 5.91 Å². The third-order valence-electron chi connectivity index (χ3n) is 4.54. The zero-order valence-corrected chi connectivity index (χ0v) is 15.0. The van der Waals surface area contributed by atoms with Crippen molar-refractivity contribution in [2.75, 3.05) is 0 Å². The van der Waals surface area contributed by atoms with Gasteiger partial charge in [0.2, 0.25) is 0 Å². The highest BCUT2D eigenvalue weighted by Crippen LogP contribution is 2.19. The fraction of sp³-hybridized carbons (Fsp3) is 0.0870. The number of hydrogen-bond acceptors (Lipinski definition) is 3. The molecule has 2 aromatic heterocycles. The van der Waals surface area contributed by atoms with Crippen LogP contribution in [0.1, 0.15) is 21.6 Å². The van der Waals surface area contributed by atoms with Gasteiger partial charge in [-0.25, -0.2) is 9.97 Å². The molecule has 0 saturated heterocycles. The van der Waals surface area contributed by atoms with Crippen LogP contribution in [0.25, 0.3) is 22.2 Å². The Balaban J connectivity index is 1.47. The van der Waals surface area contributed by atoms with Gasteiger partial charge in [-0.15, -0.1) is 0 Å². The van der Waals surface area contributed by atoms with Crippen LogP contribution in [0.2, 0.25) is 0 Å². The number of nitrogens with one attached hydrogen (secondary N) is 1. The van der Waals surface area contributed by atoms with Crippen LogP contribution in [-0.4, -0.2) is 15.9 Å². The van der Waals surface area contributed by atoms with Crippen LogP contribution < -0.4 is 5.32 Å². The van der Waals surface area contributed by atoms with Crippen molar-refractivity contribution in [2.24, 2.45) is 0 Å². The molecule has 4 rings (SSSR count). The van der Waals surface area contributed by atoms with Crippen molar-refractivity contribution >= 4 is 16.9 Å². The molecule has 0 spiro atoms. The molecule has 0 fully saturated rings. The Kier molecular flexibility index (Phi) is 4.62. The lowest BCUT2D eigenvalue weighted by Crippen LogP contribution is -2.24. The topological polar surface area (TPSA) is 54.9 Å². The Labute approximate surface area is 157 Å². The second kappa shape index (κ2) is 7.38. The molecule has 1 N–H and O–H groups in total. The van der Waals surface area contributed by atoms with Gasteiger partial charge in [-0.3, -0.25) is 4.79 Å². The number of rotatable bonds is 4. The maximum atomic E-state index is 12.6. The number of pyridine rings is 2. The second-order valence-electron chi connectivity index (χ2n) is 6.42. The van der Waals surface area contributed by atoms with Gasteiger partial charge in [-0.2, -0.15) is 0 Å². The van der Waals surface area contributed by atoms with Crippen molar-refractivity contribution in [2.45, 2.75) is 13.5 Å². The van der Waals surface area contributed by atoms with E-state index in [2.05, 4.69) is 39.6 Å². The fourth-order valence-electron chi connectivity index (χ4n) is 3.05. The second-order valence-corrected chi connectivity index (χ2v) is 6.42. The lowest BCUT2D eigenvalue weighted by Gasteiger charge is -2.09. The van der Waals surface area contributed by atoms with Crippen LogP contribution in [-0.2, 0) is 6.54 Å². The Morgan fingerprint density at radius 1 is 0.926 bits per heavy atom. The third kappa shape index (κ3) is 3.70. The van der Waals surface area contributed by atoms with Crippen molar-refractivity contribution < 1.29 is 4.79 Å². The first-order chi connectivity index (χ1) is 13.2. The molecule has 0 saturated carbocycles. The Bertz CT molecular complexity index is 1090. The van der Waals surface area contributed by atoms with E-state index in [1.54, 1.807) is 6.20 Å². The number of hydrogen-bond donors (Lipinski definition) is 1. The monoisotopic (exact) mass is 353 g/mol. The number of carbonyl (C=O) groups is 1. The quantitative estimate of drug-likeness (QED) is 0.586. The summed E-state index contributed by atoms with van der Waals surface area (Å²) in [5.41, 5.74) is 5.31. The molecule has 0 aliphatic rings. The summed E-state index contributed by atoms with van der Waals surface area (Å²) in [5.74, 6) is -0.127. The molecule has 0 unspecified atom stereocenters. The lowest BCUT2D eigenvalue weighted by atomic mass is 10.0. The van der Waals surface area contributed by atoms with Crippen LogP contribution in [0.3, 0.4) is 0 Å². The molecule has 0 aliphatic heterocycles. The van der Waals surface area contributed by atoms with E-state index < -0.39 is 0 Å². The van der Waals surface area contributed by atoms with E-state index in [9.17, 15) is 4.79 Å². The first kappa shape index (κ1) is 16.9. The molecule has 1 amide bonds. The van der Waals surface area contributed by atoms with Gasteiger partial charge >= 0.3 is 0 Å². The van der Waals surface area contributed by atoms with Crippen molar-refractivity contribution in [1.29, 1.82) is 0 Å². The van der Waals surface area contributed by atoms with Crippen molar-refractivity contribution in [3.05, 3.63) is 95.8 Å². The summed E-state index contributed by atoms with van der Waals surface area (Å²) < 4.78 is 0. The molecular weight excluding hydrogens is 334 g/mol. The lowest BCUT2D eigenvalue weighted by molar-refractivity contribution is 0.0950. The first-order valence-corrected chi connectivity index (χ1v) is 8.85. The van der Waals surface area contributed by atoms with E-state index >= 15 is 0 Å². The molecule has 0 aliphatic carbocycles. The number of aryl methyl sites for hydroxylation is 1. The predicted octanol–water partition coefficient (Wildman–Crippen LogP) is 4.54. The van der Waals surface area contributed by atoms with Crippen molar-refractivity contribution in [1.82, 2.24) is 15.3 Å². The summed E-state index contributed by atoms with van der Waals surface area (Å²) in [6, 6.07) is 24.1. The average molecular weight is 353 g/mol.